The fourth-order valence-electron chi connectivity index (χ4n) is 6.54. The molecule has 0 bridgehead atoms. The summed E-state index contributed by atoms with van der Waals surface area (Å²) in [5.74, 6) is 1.80. The molecule has 1 aromatic carbocycles. The molecule has 160 valence electrons. The lowest BCUT2D eigenvalue weighted by atomic mass is 9.52. The smallest absolute Gasteiger partial charge is 0.160 e. The van der Waals surface area contributed by atoms with Crippen LogP contribution in [-0.4, -0.2) is 11.6 Å². The molecule has 0 aromatic heterocycles. The van der Waals surface area contributed by atoms with Crippen LogP contribution in [0.5, 0.6) is 0 Å². The third kappa shape index (κ3) is 3.84. The van der Waals surface area contributed by atoms with E-state index in [1.54, 1.807) is 6.92 Å². The third-order valence-electron chi connectivity index (χ3n) is 7.96. The van der Waals surface area contributed by atoms with Crippen molar-refractivity contribution in [3.05, 3.63) is 34.4 Å². The van der Waals surface area contributed by atoms with Crippen molar-refractivity contribution in [2.75, 3.05) is 0 Å². The standard InChI is InChI=1S/C27H40O2/c1-8-13-26(5,6)25(29)27(7)14-9-10-20-23-16-22(18(4)28)21(17(2)3)15-19(23)11-12-24(20)27/h15-17,20,24H,8-14H2,1-7H3. The van der Waals surface area contributed by atoms with E-state index in [4.69, 9.17) is 0 Å². The molecule has 2 aliphatic carbocycles. The van der Waals surface area contributed by atoms with Crippen molar-refractivity contribution in [3.63, 3.8) is 0 Å². The molecule has 3 atom stereocenters. The largest absolute Gasteiger partial charge is 0.298 e. The number of carbonyl (C=O) groups excluding carboxylic acids is 2. The highest BCUT2D eigenvalue weighted by molar-refractivity contribution is 5.96. The minimum Gasteiger partial charge on any atom is -0.298 e. The summed E-state index contributed by atoms with van der Waals surface area (Å²) in [5.41, 5.74) is 4.37. The molecule has 2 heteroatoms. The Hall–Kier alpha value is -1.44. The van der Waals surface area contributed by atoms with Gasteiger partial charge in [-0.25, -0.2) is 0 Å². The molecule has 1 fully saturated rings. The number of fused-ring (bicyclic) bond motifs is 3. The number of benzene rings is 1. The van der Waals surface area contributed by atoms with Crippen LogP contribution in [0.15, 0.2) is 12.1 Å². The van der Waals surface area contributed by atoms with Gasteiger partial charge in [0.1, 0.15) is 5.78 Å². The Morgan fingerprint density at radius 2 is 1.90 bits per heavy atom. The molecular weight excluding hydrogens is 356 g/mol. The van der Waals surface area contributed by atoms with Crippen LogP contribution in [0.4, 0.5) is 0 Å². The van der Waals surface area contributed by atoms with E-state index in [-0.39, 0.29) is 16.6 Å². The number of carbonyl (C=O) groups is 2. The van der Waals surface area contributed by atoms with E-state index in [0.717, 1.165) is 50.5 Å². The zero-order valence-electron chi connectivity index (χ0n) is 19.7. The topological polar surface area (TPSA) is 34.1 Å². The molecule has 0 aliphatic heterocycles. The second kappa shape index (κ2) is 8.00. The van der Waals surface area contributed by atoms with Crippen molar-refractivity contribution < 1.29 is 9.59 Å². The zero-order valence-corrected chi connectivity index (χ0v) is 19.7. The van der Waals surface area contributed by atoms with Crippen LogP contribution in [0.2, 0.25) is 0 Å². The molecule has 0 amide bonds. The molecule has 0 heterocycles. The summed E-state index contributed by atoms with van der Waals surface area (Å²) in [5, 5.41) is 0. The van der Waals surface area contributed by atoms with Crippen LogP contribution >= 0.6 is 0 Å². The Bertz CT molecular complexity index is 801. The van der Waals surface area contributed by atoms with Crippen molar-refractivity contribution in [1.82, 2.24) is 0 Å². The normalized spacial score (nSPS) is 26.8. The Balaban J connectivity index is 2.04. The van der Waals surface area contributed by atoms with Gasteiger partial charge in [-0.3, -0.25) is 9.59 Å². The van der Waals surface area contributed by atoms with Gasteiger partial charge in [0.25, 0.3) is 0 Å². The van der Waals surface area contributed by atoms with E-state index in [1.807, 2.05) is 0 Å². The Morgan fingerprint density at radius 3 is 2.48 bits per heavy atom. The van der Waals surface area contributed by atoms with Crippen molar-refractivity contribution in [1.29, 1.82) is 0 Å². The van der Waals surface area contributed by atoms with Crippen LogP contribution in [0.3, 0.4) is 0 Å². The van der Waals surface area contributed by atoms with Gasteiger partial charge >= 0.3 is 0 Å². The minimum absolute atomic E-state index is 0.164. The molecule has 3 unspecified atom stereocenters. The van der Waals surface area contributed by atoms with Gasteiger partial charge < -0.3 is 0 Å². The Morgan fingerprint density at radius 1 is 1.21 bits per heavy atom. The maximum absolute atomic E-state index is 13.8. The molecular formula is C27H40O2. The van der Waals surface area contributed by atoms with Gasteiger partial charge in [0.05, 0.1) is 0 Å². The second-order valence-corrected chi connectivity index (χ2v) is 10.9. The number of ketones is 2. The molecule has 0 saturated heterocycles. The van der Waals surface area contributed by atoms with Gasteiger partial charge in [0.15, 0.2) is 5.78 Å². The molecule has 0 N–H and O–H groups in total. The molecule has 0 spiro atoms. The van der Waals surface area contributed by atoms with Crippen molar-refractivity contribution in [3.8, 4) is 0 Å². The van der Waals surface area contributed by atoms with Crippen molar-refractivity contribution >= 4 is 11.6 Å². The van der Waals surface area contributed by atoms with Gasteiger partial charge in [0, 0.05) is 16.4 Å². The first kappa shape index (κ1) is 22.2. The van der Waals surface area contributed by atoms with Crippen LogP contribution in [0, 0.1) is 16.7 Å². The van der Waals surface area contributed by atoms with E-state index in [1.165, 1.54) is 16.7 Å². The highest BCUT2D eigenvalue weighted by Gasteiger charge is 2.52. The third-order valence-corrected chi connectivity index (χ3v) is 7.96. The average Bonchev–Trinajstić information content (AvgIpc) is 2.66. The molecule has 0 radical (unpaired) electrons. The molecule has 3 rings (SSSR count). The first-order valence-corrected chi connectivity index (χ1v) is 11.8. The second-order valence-electron chi connectivity index (χ2n) is 10.9. The quantitative estimate of drug-likeness (QED) is 0.475. The summed E-state index contributed by atoms with van der Waals surface area (Å²) in [6.45, 7) is 14.8. The lowest BCUT2D eigenvalue weighted by Crippen LogP contribution is -2.49. The molecule has 1 saturated carbocycles. The summed E-state index contributed by atoms with van der Waals surface area (Å²) in [7, 11) is 0. The number of rotatable bonds is 6. The van der Waals surface area contributed by atoms with Gasteiger partial charge in [-0.2, -0.15) is 0 Å². The van der Waals surface area contributed by atoms with Crippen molar-refractivity contribution in [2.24, 2.45) is 16.7 Å². The summed E-state index contributed by atoms with van der Waals surface area (Å²) in [6, 6.07) is 4.51. The average molecular weight is 397 g/mol. The summed E-state index contributed by atoms with van der Waals surface area (Å²) in [6.07, 6.45) is 7.40. The van der Waals surface area contributed by atoms with E-state index in [0.29, 0.717) is 23.5 Å². The first-order chi connectivity index (χ1) is 13.5. The SMILES string of the molecule is CCCC(C)(C)C(=O)C1(C)CCCC2c3cc(C(C)=O)c(C(C)C)cc3CCC21. The Labute approximate surface area is 177 Å². The van der Waals surface area contributed by atoms with E-state index in [2.05, 4.69) is 53.7 Å². The van der Waals surface area contributed by atoms with E-state index >= 15 is 0 Å². The molecule has 2 nitrogen and oxygen atoms in total. The summed E-state index contributed by atoms with van der Waals surface area (Å²) >= 11 is 0. The number of hydrogen-bond acceptors (Lipinski definition) is 2. The highest BCUT2D eigenvalue weighted by Crippen LogP contribution is 2.56. The molecule has 29 heavy (non-hydrogen) atoms. The number of hydrogen-bond donors (Lipinski definition) is 0. The zero-order chi connectivity index (χ0) is 21.6. The van der Waals surface area contributed by atoms with Crippen LogP contribution < -0.4 is 0 Å². The van der Waals surface area contributed by atoms with Gasteiger partial charge in [0.2, 0.25) is 0 Å². The lowest BCUT2D eigenvalue weighted by molar-refractivity contribution is -0.143. The van der Waals surface area contributed by atoms with E-state index < -0.39 is 0 Å². The fraction of sp³-hybridized carbons (Fsp3) is 0.704. The first-order valence-electron chi connectivity index (χ1n) is 11.8. The maximum Gasteiger partial charge on any atom is 0.160 e. The monoisotopic (exact) mass is 396 g/mol. The number of aryl methyl sites for hydroxylation is 1. The van der Waals surface area contributed by atoms with Gasteiger partial charge in [-0.15, -0.1) is 0 Å². The lowest BCUT2D eigenvalue weighted by Gasteiger charge is -2.50. The predicted octanol–water partition coefficient (Wildman–Crippen LogP) is 7.24. The fourth-order valence-corrected chi connectivity index (χ4v) is 6.54. The van der Waals surface area contributed by atoms with Crippen molar-refractivity contribution in [2.45, 2.75) is 105 Å². The minimum atomic E-state index is -0.252. The maximum atomic E-state index is 13.8. The summed E-state index contributed by atoms with van der Waals surface area (Å²) < 4.78 is 0. The highest BCUT2D eigenvalue weighted by atomic mass is 16.1. The van der Waals surface area contributed by atoms with E-state index in [9.17, 15) is 9.59 Å². The Kier molecular flexibility index (Phi) is 6.14. The molecule has 2 aliphatic rings. The van der Waals surface area contributed by atoms with Crippen LogP contribution in [-0.2, 0) is 11.2 Å². The molecule has 1 aromatic rings. The number of Topliss-reactive ketones (excluding diaryl/α,β-unsaturated/α-hetero) is 2. The van der Waals surface area contributed by atoms with Gasteiger partial charge in [-0.1, -0.05) is 60.5 Å². The van der Waals surface area contributed by atoms with Crippen LogP contribution in [0.25, 0.3) is 0 Å². The summed E-state index contributed by atoms with van der Waals surface area (Å²) in [4.78, 5) is 26.2. The van der Waals surface area contributed by atoms with Crippen LogP contribution in [0.1, 0.15) is 126 Å². The predicted molar refractivity (Wildman–Crippen MR) is 121 cm³/mol. The van der Waals surface area contributed by atoms with Gasteiger partial charge in [-0.05, 0) is 79.5 Å².